The van der Waals surface area contributed by atoms with Gasteiger partial charge in [-0.3, -0.25) is 10.1 Å². The standard InChI is InChI=1S/C10H6N2O5/c13-10(14)9-8(12(15)16)7(11-17-9)6-4-2-1-3-5-6/h1-5H,(H,13,14). The molecule has 1 N–H and O–H groups in total. The minimum atomic E-state index is -1.52. The molecule has 1 heterocycles. The largest absolute Gasteiger partial charge is 0.475 e. The van der Waals surface area contributed by atoms with E-state index >= 15 is 0 Å². The maximum atomic E-state index is 10.8. The van der Waals surface area contributed by atoms with Crippen LogP contribution in [-0.4, -0.2) is 21.2 Å². The van der Waals surface area contributed by atoms with E-state index in [4.69, 9.17) is 5.11 Å². The van der Waals surface area contributed by atoms with Crippen LogP contribution in [0.3, 0.4) is 0 Å². The molecule has 0 saturated heterocycles. The van der Waals surface area contributed by atoms with Crippen molar-refractivity contribution in [1.29, 1.82) is 0 Å². The minimum absolute atomic E-state index is 0.0898. The van der Waals surface area contributed by atoms with Crippen LogP contribution >= 0.6 is 0 Å². The lowest BCUT2D eigenvalue weighted by Gasteiger charge is -1.94. The van der Waals surface area contributed by atoms with Crippen LogP contribution in [0, 0.1) is 10.1 Å². The molecule has 0 unspecified atom stereocenters. The van der Waals surface area contributed by atoms with Crippen molar-refractivity contribution in [1.82, 2.24) is 5.16 Å². The molecule has 2 aromatic rings. The number of rotatable bonds is 3. The van der Waals surface area contributed by atoms with Crippen molar-refractivity contribution in [3.05, 3.63) is 46.2 Å². The number of carboxylic acids is 1. The van der Waals surface area contributed by atoms with E-state index in [2.05, 4.69) is 9.68 Å². The van der Waals surface area contributed by atoms with Crippen molar-refractivity contribution in [2.45, 2.75) is 0 Å². The summed E-state index contributed by atoms with van der Waals surface area (Å²) in [4.78, 5) is 20.7. The molecule has 0 amide bonds. The Bertz CT molecular complexity index is 576. The van der Waals surface area contributed by atoms with Crippen LogP contribution in [0.25, 0.3) is 11.3 Å². The van der Waals surface area contributed by atoms with Crippen LogP contribution in [0.5, 0.6) is 0 Å². The summed E-state index contributed by atoms with van der Waals surface area (Å²) in [5, 5.41) is 23.0. The Morgan fingerprint density at radius 3 is 2.53 bits per heavy atom. The molecule has 0 fully saturated rings. The van der Waals surface area contributed by atoms with Crippen molar-refractivity contribution < 1.29 is 19.3 Å². The molecule has 17 heavy (non-hydrogen) atoms. The zero-order chi connectivity index (χ0) is 12.4. The summed E-state index contributed by atoms with van der Waals surface area (Å²) in [7, 11) is 0. The molecule has 2 rings (SSSR count). The molecule has 0 bridgehead atoms. The van der Waals surface area contributed by atoms with Gasteiger partial charge in [-0.15, -0.1) is 0 Å². The molecular formula is C10H6N2O5. The van der Waals surface area contributed by atoms with Gasteiger partial charge in [0, 0.05) is 5.56 Å². The van der Waals surface area contributed by atoms with E-state index in [0.29, 0.717) is 5.56 Å². The zero-order valence-corrected chi connectivity index (χ0v) is 8.36. The topological polar surface area (TPSA) is 106 Å². The maximum Gasteiger partial charge on any atom is 0.382 e. The van der Waals surface area contributed by atoms with Crippen molar-refractivity contribution >= 4 is 11.7 Å². The van der Waals surface area contributed by atoms with Gasteiger partial charge in [-0.2, -0.15) is 0 Å². The number of aromatic nitrogens is 1. The van der Waals surface area contributed by atoms with Crippen molar-refractivity contribution in [3.63, 3.8) is 0 Å². The number of aromatic carboxylic acids is 1. The van der Waals surface area contributed by atoms with E-state index in [-0.39, 0.29) is 5.69 Å². The number of carboxylic acid groups (broad SMARTS) is 1. The number of benzene rings is 1. The van der Waals surface area contributed by atoms with Gasteiger partial charge in [-0.05, 0) is 0 Å². The zero-order valence-electron chi connectivity index (χ0n) is 8.36. The quantitative estimate of drug-likeness (QED) is 0.642. The molecule has 86 valence electrons. The molecule has 0 spiro atoms. The number of carbonyl (C=O) groups is 1. The van der Waals surface area contributed by atoms with Crippen LogP contribution < -0.4 is 0 Å². The fraction of sp³-hybridized carbons (Fsp3) is 0. The molecule has 1 aromatic carbocycles. The number of hydrogen-bond acceptors (Lipinski definition) is 5. The highest BCUT2D eigenvalue weighted by molar-refractivity contribution is 5.92. The lowest BCUT2D eigenvalue weighted by molar-refractivity contribution is -0.384. The van der Waals surface area contributed by atoms with Gasteiger partial charge in [0.05, 0.1) is 4.92 Å². The second-order valence-electron chi connectivity index (χ2n) is 3.14. The first-order chi connectivity index (χ1) is 8.11. The normalized spacial score (nSPS) is 10.1. The Morgan fingerprint density at radius 1 is 1.35 bits per heavy atom. The second-order valence-corrected chi connectivity index (χ2v) is 3.14. The third-order valence-corrected chi connectivity index (χ3v) is 2.09. The summed E-state index contributed by atoms with van der Waals surface area (Å²) in [6, 6.07) is 8.21. The van der Waals surface area contributed by atoms with Crippen LogP contribution in [0.1, 0.15) is 10.6 Å². The average Bonchev–Trinajstić information content (AvgIpc) is 2.74. The van der Waals surface area contributed by atoms with Crippen molar-refractivity contribution in [3.8, 4) is 11.3 Å². The smallest absolute Gasteiger partial charge is 0.382 e. The first-order valence-electron chi connectivity index (χ1n) is 4.54. The highest BCUT2D eigenvalue weighted by atomic mass is 16.6. The Morgan fingerprint density at radius 2 is 2.00 bits per heavy atom. The molecule has 0 aliphatic rings. The van der Waals surface area contributed by atoms with E-state index in [0.717, 1.165) is 0 Å². The van der Waals surface area contributed by atoms with E-state index in [9.17, 15) is 14.9 Å². The number of nitrogens with zero attached hydrogens (tertiary/aromatic N) is 2. The van der Waals surface area contributed by atoms with Gasteiger partial charge < -0.3 is 9.63 Å². The Labute approximate surface area is 94.4 Å². The van der Waals surface area contributed by atoms with E-state index in [1.807, 2.05) is 0 Å². The highest BCUT2D eigenvalue weighted by Crippen LogP contribution is 2.31. The molecule has 0 saturated carbocycles. The van der Waals surface area contributed by atoms with Gasteiger partial charge in [0.15, 0.2) is 5.69 Å². The van der Waals surface area contributed by atoms with Crippen LogP contribution in [0.15, 0.2) is 34.9 Å². The fourth-order valence-electron chi connectivity index (χ4n) is 1.38. The molecule has 7 heteroatoms. The molecule has 0 radical (unpaired) electrons. The minimum Gasteiger partial charge on any atom is -0.475 e. The highest BCUT2D eigenvalue weighted by Gasteiger charge is 2.32. The lowest BCUT2D eigenvalue weighted by atomic mass is 10.1. The summed E-state index contributed by atoms with van der Waals surface area (Å²) in [6.45, 7) is 0. The predicted molar refractivity (Wildman–Crippen MR) is 55.6 cm³/mol. The number of hydrogen-bond donors (Lipinski definition) is 1. The van der Waals surface area contributed by atoms with E-state index in [1.165, 1.54) is 0 Å². The van der Waals surface area contributed by atoms with Crippen molar-refractivity contribution in [2.24, 2.45) is 0 Å². The Hall–Kier alpha value is -2.70. The monoisotopic (exact) mass is 234 g/mol. The van der Waals surface area contributed by atoms with Crippen molar-refractivity contribution in [2.75, 3.05) is 0 Å². The van der Waals surface area contributed by atoms with Gasteiger partial charge in [0.1, 0.15) is 0 Å². The van der Waals surface area contributed by atoms with Gasteiger partial charge in [0.25, 0.3) is 0 Å². The van der Waals surface area contributed by atoms with Gasteiger partial charge in [0.2, 0.25) is 0 Å². The molecule has 0 aliphatic heterocycles. The second kappa shape index (κ2) is 4.05. The first kappa shape index (κ1) is 10.8. The maximum absolute atomic E-state index is 10.8. The summed E-state index contributed by atoms with van der Waals surface area (Å²) in [5.74, 6) is -2.29. The summed E-state index contributed by atoms with van der Waals surface area (Å²) in [5.41, 5.74) is -0.299. The molecule has 7 nitrogen and oxygen atoms in total. The summed E-state index contributed by atoms with van der Waals surface area (Å²) < 4.78 is 4.48. The Balaban J connectivity index is 2.64. The summed E-state index contributed by atoms with van der Waals surface area (Å²) >= 11 is 0. The van der Waals surface area contributed by atoms with Gasteiger partial charge in [-0.25, -0.2) is 4.79 Å². The van der Waals surface area contributed by atoms with Gasteiger partial charge >= 0.3 is 17.4 Å². The third-order valence-electron chi connectivity index (χ3n) is 2.09. The van der Waals surface area contributed by atoms with Gasteiger partial charge in [-0.1, -0.05) is 35.5 Å². The van der Waals surface area contributed by atoms with Crippen LogP contribution in [0.2, 0.25) is 0 Å². The molecule has 0 aliphatic carbocycles. The molecule has 0 atom stereocenters. The Kier molecular flexibility index (Phi) is 2.57. The SMILES string of the molecule is O=C(O)c1onc(-c2ccccc2)c1[N+](=O)[O-]. The first-order valence-corrected chi connectivity index (χ1v) is 4.54. The average molecular weight is 234 g/mol. The lowest BCUT2D eigenvalue weighted by Crippen LogP contribution is -1.99. The van der Waals surface area contributed by atoms with Crippen LogP contribution in [0.4, 0.5) is 5.69 Å². The predicted octanol–water partition coefficient (Wildman–Crippen LogP) is 1.95. The number of nitro groups is 1. The fourth-order valence-corrected chi connectivity index (χ4v) is 1.38. The van der Waals surface area contributed by atoms with E-state index in [1.54, 1.807) is 30.3 Å². The molecule has 1 aromatic heterocycles. The molecular weight excluding hydrogens is 228 g/mol. The summed E-state index contributed by atoms with van der Waals surface area (Å²) in [6.07, 6.45) is 0. The van der Waals surface area contributed by atoms with Crippen LogP contribution in [-0.2, 0) is 0 Å². The third kappa shape index (κ3) is 1.85. The van der Waals surface area contributed by atoms with E-state index < -0.39 is 22.3 Å².